The second-order valence-corrected chi connectivity index (χ2v) is 6.12. The summed E-state index contributed by atoms with van der Waals surface area (Å²) in [4.78, 5) is 22.2. The van der Waals surface area contributed by atoms with E-state index >= 15 is 0 Å². The fourth-order valence-corrected chi connectivity index (χ4v) is 2.56. The van der Waals surface area contributed by atoms with Crippen molar-refractivity contribution in [2.45, 2.75) is 6.92 Å². The largest absolute Gasteiger partial charge is 0.383 e. The number of anilines is 1. The van der Waals surface area contributed by atoms with Crippen LogP contribution in [0, 0.1) is 6.92 Å². The van der Waals surface area contributed by atoms with Gasteiger partial charge in [0.05, 0.1) is 0 Å². The Hall–Kier alpha value is -3.21. The molecule has 2 heterocycles. The van der Waals surface area contributed by atoms with Crippen LogP contribution in [0.4, 0.5) is 5.82 Å². The molecule has 0 unspecified atom stereocenters. The topological polar surface area (TPSA) is 72.1 Å². The Kier molecular flexibility index (Phi) is 4.48. The zero-order chi connectivity index (χ0) is 18.0. The number of hydrogen-bond acceptors (Lipinski definition) is 4. The molecule has 0 fully saturated rings. The van der Waals surface area contributed by atoms with Crippen molar-refractivity contribution in [1.82, 2.24) is 14.9 Å². The van der Waals surface area contributed by atoms with Gasteiger partial charge in [0.1, 0.15) is 5.82 Å². The number of amides is 1. The maximum atomic E-state index is 12.0. The molecule has 1 amide bonds. The maximum absolute atomic E-state index is 12.0. The molecule has 2 N–H and O–H groups in total. The third-order valence-corrected chi connectivity index (χ3v) is 4.01. The number of nitrogens with two attached hydrogens (primary N) is 1. The van der Waals surface area contributed by atoms with Crippen LogP contribution in [0.5, 0.6) is 0 Å². The van der Waals surface area contributed by atoms with Crippen molar-refractivity contribution in [2.75, 3.05) is 19.8 Å². The molecule has 0 aliphatic rings. The Morgan fingerprint density at radius 3 is 2.16 bits per heavy atom. The van der Waals surface area contributed by atoms with Crippen LogP contribution in [0.15, 0.2) is 54.9 Å². The first-order valence-electron chi connectivity index (χ1n) is 7.96. The predicted molar refractivity (Wildman–Crippen MR) is 100 cm³/mol. The van der Waals surface area contributed by atoms with Crippen LogP contribution in [-0.2, 0) is 0 Å². The molecule has 2 aromatic heterocycles. The average molecular weight is 332 g/mol. The Labute approximate surface area is 147 Å². The quantitative estimate of drug-likeness (QED) is 0.798. The van der Waals surface area contributed by atoms with E-state index in [9.17, 15) is 4.79 Å². The number of rotatable bonds is 3. The van der Waals surface area contributed by atoms with E-state index in [-0.39, 0.29) is 5.91 Å². The molecule has 5 heteroatoms. The Morgan fingerprint density at radius 1 is 0.920 bits per heavy atom. The second kappa shape index (κ2) is 6.73. The zero-order valence-corrected chi connectivity index (χ0v) is 14.5. The van der Waals surface area contributed by atoms with E-state index in [4.69, 9.17) is 5.73 Å². The van der Waals surface area contributed by atoms with Crippen LogP contribution >= 0.6 is 0 Å². The van der Waals surface area contributed by atoms with E-state index in [2.05, 4.69) is 9.97 Å². The molecule has 0 atom stereocenters. The summed E-state index contributed by atoms with van der Waals surface area (Å²) < 4.78 is 0. The Bertz CT molecular complexity index is 900. The molecule has 126 valence electrons. The molecular weight excluding hydrogens is 312 g/mol. The molecule has 1 aromatic carbocycles. The van der Waals surface area contributed by atoms with Gasteiger partial charge >= 0.3 is 0 Å². The third-order valence-electron chi connectivity index (χ3n) is 4.01. The van der Waals surface area contributed by atoms with Gasteiger partial charge in [0.15, 0.2) is 0 Å². The van der Waals surface area contributed by atoms with Crippen molar-refractivity contribution in [2.24, 2.45) is 0 Å². The average Bonchev–Trinajstić information content (AvgIpc) is 2.62. The van der Waals surface area contributed by atoms with Crippen LogP contribution in [0.3, 0.4) is 0 Å². The lowest BCUT2D eigenvalue weighted by Gasteiger charge is -2.11. The van der Waals surface area contributed by atoms with E-state index in [1.807, 2.05) is 49.4 Å². The van der Waals surface area contributed by atoms with Gasteiger partial charge in [-0.3, -0.25) is 9.78 Å². The SMILES string of the molecule is Cc1ccc(-c2cc(-c3ccc(C(=O)N(C)C)cc3)cnc2N)cn1. The number of carbonyl (C=O) groups is 1. The summed E-state index contributed by atoms with van der Waals surface area (Å²) in [7, 11) is 3.48. The van der Waals surface area contributed by atoms with Gasteiger partial charge in [0.25, 0.3) is 5.91 Å². The first kappa shape index (κ1) is 16.6. The molecule has 25 heavy (non-hydrogen) atoms. The number of aryl methyl sites for hydroxylation is 1. The van der Waals surface area contributed by atoms with Gasteiger partial charge in [-0.1, -0.05) is 18.2 Å². The highest BCUT2D eigenvalue weighted by Gasteiger charge is 2.10. The summed E-state index contributed by atoms with van der Waals surface area (Å²) in [6.07, 6.45) is 3.54. The Morgan fingerprint density at radius 2 is 1.56 bits per heavy atom. The molecule has 5 nitrogen and oxygen atoms in total. The first-order chi connectivity index (χ1) is 12.0. The van der Waals surface area contributed by atoms with Gasteiger partial charge in [-0.25, -0.2) is 4.98 Å². The molecular formula is C20H20N4O. The van der Waals surface area contributed by atoms with Crippen molar-refractivity contribution in [3.05, 3.63) is 66.1 Å². The van der Waals surface area contributed by atoms with E-state index in [1.54, 1.807) is 31.4 Å². The van der Waals surface area contributed by atoms with Crippen molar-refractivity contribution in [1.29, 1.82) is 0 Å². The number of carbonyl (C=O) groups excluding carboxylic acids is 1. The van der Waals surface area contributed by atoms with Gasteiger partial charge in [-0.05, 0) is 36.8 Å². The van der Waals surface area contributed by atoms with E-state index in [1.165, 1.54) is 0 Å². The van der Waals surface area contributed by atoms with Crippen molar-refractivity contribution >= 4 is 11.7 Å². The van der Waals surface area contributed by atoms with Crippen molar-refractivity contribution in [3.63, 3.8) is 0 Å². The van der Waals surface area contributed by atoms with Gasteiger partial charge in [-0.2, -0.15) is 0 Å². The molecule has 0 saturated heterocycles. The van der Waals surface area contributed by atoms with Crippen molar-refractivity contribution < 1.29 is 4.79 Å². The number of nitrogen functional groups attached to an aromatic ring is 1. The minimum atomic E-state index is -0.0200. The minimum absolute atomic E-state index is 0.0200. The minimum Gasteiger partial charge on any atom is -0.383 e. The smallest absolute Gasteiger partial charge is 0.253 e. The molecule has 0 aliphatic carbocycles. The summed E-state index contributed by atoms with van der Waals surface area (Å²) in [6, 6.07) is 13.4. The summed E-state index contributed by atoms with van der Waals surface area (Å²) in [5.41, 5.74) is 11.3. The van der Waals surface area contributed by atoms with Crippen LogP contribution in [0.25, 0.3) is 22.3 Å². The van der Waals surface area contributed by atoms with Crippen LogP contribution < -0.4 is 5.73 Å². The highest BCUT2D eigenvalue weighted by molar-refractivity contribution is 5.94. The third kappa shape index (κ3) is 3.50. The van der Waals surface area contributed by atoms with Crippen LogP contribution in [0.1, 0.15) is 16.1 Å². The molecule has 0 radical (unpaired) electrons. The number of hydrogen-bond donors (Lipinski definition) is 1. The second-order valence-electron chi connectivity index (χ2n) is 6.12. The monoisotopic (exact) mass is 332 g/mol. The van der Waals surface area contributed by atoms with Crippen LogP contribution in [0.2, 0.25) is 0 Å². The number of benzene rings is 1. The highest BCUT2D eigenvalue weighted by Crippen LogP contribution is 2.29. The standard InChI is InChI=1S/C20H20N4O/c1-13-4-5-16(11-22-13)18-10-17(12-23-19(18)21)14-6-8-15(9-7-14)20(25)24(2)3/h4-12H,1-3H3,(H2,21,23). The number of aromatic nitrogens is 2. The zero-order valence-electron chi connectivity index (χ0n) is 14.5. The van der Waals surface area contributed by atoms with Crippen molar-refractivity contribution in [3.8, 4) is 22.3 Å². The molecule has 0 bridgehead atoms. The predicted octanol–water partition coefficient (Wildman–Crippen LogP) is 3.40. The fraction of sp³-hybridized carbons (Fsp3) is 0.150. The van der Waals surface area contributed by atoms with Gasteiger partial charge in [-0.15, -0.1) is 0 Å². The normalized spacial score (nSPS) is 10.5. The van der Waals surface area contributed by atoms with E-state index < -0.39 is 0 Å². The van der Waals surface area contributed by atoms with E-state index in [0.29, 0.717) is 11.4 Å². The maximum Gasteiger partial charge on any atom is 0.253 e. The first-order valence-corrected chi connectivity index (χ1v) is 7.96. The number of nitrogens with zero attached hydrogens (tertiary/aromatic N) is 3. The van der Waals surface area contributed by atoms with Gasteiger partial charge in [0.2, 0.25) is 0 Å². The molecule has 3 rings (SSSR count). The summed E-state index contributed by atoms with van der Waals surface area (Å²) >= 11 is 0. The van der Waals surface area contributed by atoms with E-state index in [0.717, 1.165) is 27.9 Å². The lowest BCUT2D eigenvalue weighted by Crippen LogP contribution is -2.21. The molecule has 0 saturated carbocycles. The lowest BCUT2D eigenvalue weighted by atomic mass is 10.0. The van der Waals surface area contributed by atoms with Gasteiger partial charge < -0.3 is 10.6 Å². The highest BCUT2D eigenvalue weighted by atomic mass is 16.2. The van der Waals surface area contributed by atoms with Gasteiger partial charge in [0, 0.05) is 54.4 Å². The summed E-state index contributed by atoms with van der Waals surface area (Å²) in [5.74, 6) is 0.446. The molecule has 0 spiro atoms. The summed E-state index contributed by atoms with van der Waals surface area (Å²) in [6.45, 7) is 1.94. The number of pyridine rings is 2. The fourth-order valence-electron chi connectivity index (χ4n) is 2.56. The Balaban J connectivity index is 1.97. The lowest BCUT2D eigenvalue weighted by molar-refractivity contribution is 0.0827. The molecule has 0 aliphatic heterocycles. The molecule has 3 aromatic rings. The van der Waals surface area contributed by atoms with Crippen LogP contribution in [-0.4, -0.2) is 34.9 Å². The summed E-state index contributed by atoms with van der Waals surface area (Å²) in [5, 5.41) is 0.